The highest BCUT2D eigenvalue weighted by atomic mass is 16.5. The summed E-state index contributed by atoms with van der Waals surface area (Å²) in [7, 11) is 0. The first-order valence-corrected chi connectivity index (χ1v) is 5.89. The van der Waals surface area contributed by atoms with Gasteiger partial charge in [-0.05, 0) is 12.8 Å². The Bertz CT molecular complexity index is 217. The number of rotatable bonds is 6. The zero-order valence-corrected chi connectivity index (χ0v) is 9.46. The van der Waals surface area contributed by atoms with E-state index in [0.29, 0.717) is 25.4 Å². The lowest BCUT2D eigenvalue weighted by Crippen LogP contribution is -2.10. The highest BCUT2D eigenvalue weighted by Crippen LogP contribution is 2.28. The van der Waals surface area contributed by atoms with Gasteiger partial charge < -0.3 is 4.74 Å². The molecule has 0 amide bonds. The van der Waals surface area contributed by atoms with Crippen LogP contribution in [0, 0.1) is 5.92 Å². The number of esters is 1. The second kappa shape index (κ2) is 6.59. The van der Waals surface area contributed by atoms with Gasteiger partial charge in [-0.2, -0.15) is 0 Å². The molecule has 1 fully saturated rings. The van der Waals surface area contributed by atoms with Crippen molar-refractivity contribution in [2.45, 2.75) is 51.9 Å². The molecule has 0 aromatic carbocycles. The lowest BCUT2D eigenvalue weighted by Gasteiger charge is -2.07. The van der Waals surface area contributed by atoms with Gasteiger partial charge in [0, 0.05) is 12.8 Å². The first-order valence-electron chi connectivity index (χ1n) is 5.89. The molecule has 0 heterocycles. The number of carbonyl (C=O) groups excluding carboxylic acids is 2. The summed E-state index contributed by atoms with van der Waals surface area (Å²) in [5.74, 6) is 0.548. The van der Waals surface area contributed by atoms with Gasteiger partial charge in [0.05, 0.1) is 13.0 Å². The lowest BCUT2D eigenvalue weighted by atomic mass is 9.99. The summed E-state index contributed by atoms with van der Waals surface area (Å²) >= 11 is 0. The van der Waals surface area contributed by atoms with Crippen LogP contribution in [-0.4, -0.2) is 18.4 Å². The monoisotopic (exact) mass is 212 g/mol. The van der Waals surface area contributed by atoms with Crippen molar-refractivity contribution >= 4 is 11.8 Å². The number of carbonyl (C=O) groups is 2. The Balaban J connectivity index is 2.10. The van der Waals surface area contributed by atoms with Crippen LogP contribution in [0.5, 0.6) is 0 Å². The fourth-order valence-corrected chi connectivity index (χ4v) is 2.11. The zero-order chi connectivity index (χ0) is 11.1. The SMILES string of the molecule is CCOC(=O)CCC(=O)CC1CCCC1. The molecule has 0 unspecified atom stereocenters. The summed E-state index contributed by atoms with van der Waals surface area (Å²) in [4.78, 5) is 22.5. The Kier molecular flexibility index (Phi) is 5.37. The molecule has 3 nitrogen and oxygen atoms in total. The molecule has 0 bridgehead atoms. The molecule has 1 aliphatic carbocycles. The summed E-state index contributed by atoms with van der Waals surface area (Å²) in [6.07, 6.45) is 6.16. The second-order valence-electron chi connectivity index (χ2n) is 4.20. The average Bonchev–Trinajstić information content (AvgIpc) is 2.68. The van der Waals surface area contributed by atoms with Crippen molar-refractivity contribution in [3.63, 3.8) is 0 Å². The Morgan fingerprint density at radius 2 is 1.87 bits per heavy atom. The number of Topliss-reactive ketones (excluding diaryl/α,β-unsaturated/α-hetero) is 1. The highest BCUT2D eigenvalue weighted by Gasteiger charge is 2.18. The normalized spacial score (nSPS) is 16.6. The van der Waals surface area contributed by atoms with E-state index >= 15 is 0 Å². The van der Waals surface area contributed by atoms with Crippen LogP contribution in [0.15, 0.2) is 0 Å². The van der Waals surface area contributed by atoms with Crippen LogP contribution in [0.3, 0.4) is 0 Å². The molecule has 3 heteroatoms. The van der Waals surface area contributed by atoms with Gasteiger partial charge in [0.25, 0.3) is 0 Å². The van der Waals surface area contributed by atoms with Crippen LogP contribution in [0.2, 0.25) is 0 Å². The van der Waals surface area contributed by atoms with Crippen molar-refractivity contribution in [1.29, 1.82) is 0 Å². The van der Waals surface area contributed by atoms with Crippen LogP contribution >= 0.6 is 0 Å². The first-order chi connectivity index (χ1) is 7.22. The molecule has 0 spiro atoms. The zero-order valence-electron chi connectivity index (χ0n) is 9.46. The Morgan fingerprint density at radius 1 is 1.20 bits per heavy atom. The first kappa shape index (κ1) is 12.2. The van der Waals surface area contributed by atoms with Crippen LogP contribution in [0.1, 0.15) is 51.9 Å². The van der Waals surface area contributed by atoms with E-state index in [-0.39, 0.29) is 18.2 Å². The molecule has 1 rings (SSSR count). The quantitative estimate of drug-likeness (QED) is 0.635. The minimum Gasteiger partial charge on any atom is -0.466 e. The molecular weight excluding hydrogens is 192 g/mol. The molecule has 0 atom stereocenters. The predicted molar refractivity (Wildman–Crippen MR) is 57.4 cm³/mol. The van der Waals surface area contributed by atoms with Crippen LogP contribution in [0.4, 0.5) is 0 Å². The molecule has 1 saturated carbocycles. The maximum absolute atomic E-state index is 11.5. The van der Waals surface area contributed by atoms with Gasteiger partial charge in [-0.3, -0.25) is 9.59 Å². The Morgan fingerprint density at radius 3 is 2.47 bits per heavy atom. The van der Waals surface area contributed by atoms with E-state index in [4.69, 9.17) is 4.74 Å². The van der Waals surface area contributed by atoms with E-state index in [1.54, 1.807) is 6.92 Å². The second-order valence-corrected chi connectivity index (χ2v) is 4.20. The minimum absolute atomic E-state index is 0.218. The smallest absolute Gasteiger partial charge is 0.306 e. The van der Waals surface area contributed by atoms with Gasteiger partial charge in [-0.1, -0.05) is 25.7 Å². The largest absolute Gasteiger partial charge is 0.466 e. The van der Waals surface area contributed by atoms with Gasteiger partial charge in [-0.15, -0.1) is 0 Å². The fraction of sp³-hybridized carbons (Fsp3) is 0.833. The van der Waals surface area contributed by atoms with Gasteiger partial charge in [-0.25, -0.2) is 0 Å². The topological polar surface area (TPSA) is 43.4 Å². The van der Waals surface area contributed by atoms with Crippen LogP contribution < -0.4 is 0 Å². The number of hydrogen-bond donors (Lipinski definition) is 0. The van der Waals surface area contributed by atoms with E-state index in [2.05, 4.69) is 0 Å². The summed E-state index contributed by atoms with van der Waals surface area (Å²) in [6.45, 7) is 2.17. The van der Waals surface area contributed by atoms with E-state index in [1.165, 1.54) is 25.7 Å². The summed E-state index contributed by atoms with van der Waals surface area (Å²) < 4.78 is 4.77. The Labute approximate surface area is 91.2 Å². The van der Waals surface area contributed by atoms with E-state index < -0.39 is 0 Å². The van der Waals surface area contributed by atoms with Crippen molar-refractivity contribution in [2.24, 2.45) is 5.92 Å². The number of ketones is 1. The van der Waals surface area contributed by atoms with Crippen molar-refractivity contribution < 1.29 is 14.3 Å². The molecule has 15 heavy (non-hydrogen) atoms. The van der Waals surface area contributed by atoms with E-state index in [9.17, 15) is 9.59 Å². The maximum Gasteiger partial charge on any atom is 0.306 e. The predicted octanol–water partition coefficient (Wildman–Crippen LogP) is 2.48. The number of hydrogen-bond acceptors (Lipinski definition) is 3. The van der Waals surface area contributed by atoms with Crippen LogP contribution in [0.25, 0.3) is 0 Å². The maximum atomic E-state index is 11.5. The van der Waals surface area contributed by atoms with Gasteiger partial charge in [0.2, 0.25) is 0 Å². The average molecular weight is 212 g/mol. The molecule has 0 saturated heterocycles. The molecular formula is C12H20O3. The van der Waals surface area contributed by atoms with Gasteiger partial charge >= 0.3 is 5.97 Å². The third-order valence-electron chi connectivity index (χ3n) is 2.90. The Hall–Kier alpha value is -0.860. The summed E-state index contributed by atoms with van der Waals surface area (Å²) in [5, 5.41) is 0. The number of ether oxygens (including phenoxy) is 1. The molecule has 0 aliphatic heterocycles. The highest BCUT2D eigenvalue weighted by molar-refractivity contribution is 5.83. The van der Waals surface area contributed by atoms with Crippen molar-refractivity contribution in [1.82, 2.24) is 0 Å². The van der Waals surface area contributed by atoms with Crippen molar-refractivity contribution in [2.75, 3.05) is 6.61 Å². The standard InChI is InChI=1S/C12H20O3/c1-2-15-12(14)8-7-11(13)9-10-5-3-4-6-10/h10H,2-9H2,1H3. The van der Waals surface area contributed by atoms with Crippen LogP contribution in [-0.2, 0) is 14.3 Å². The van der Waals surface area contributed by atoms with E-state index in [1.807, 2.05) is 0 Å². The third kappa shape index (κ3) is 4.96. The molecule has 0 aromatic heterocycles. The van der Waals surface area contributed by atoms with Crippen molar-refractivity contribution in [3.05, 3.63) is 0 Å². The summed E-state index contributed by atoms with van der Waals surface area (Å²) in [6, 6.07) is 0. The fourth-order valence-electron chi connectivity index (χ4n) is 2.11. The molecule has 0 N–H and O–H groups in total. The van der Waals surface area contributed by atoms with Crippen molar-refractivity contribution in [3.8, 4) is 0 Å². The molecule has 0 aromatic rings. The molecule has 1 aliphatic rings. The lowest BCUT2D eigenvalue weighted by molar-refractivity contribution is -0.144. The van der Waals surface area contributed by atoms with Gasteiger partial charge in [0.15, 0.2) is 0 Å². The van der Waals surface area contributed by atoms with E-state index in [0.717, 1.165) is 0 Å². The van der Waals surface area contributed by atoms with Gasteiger partial charge in [0.1, 0.15) is 5.78 Å². The summed E-state index contributed by atoms with van der Waals surface area (Å²) in [5.41, 5.74) is 0. The molecule has 86 valence electrons. The molecule has 0 radical (unpaired) electrons. The minimum atomic E-state index is -0.253. The third-order valence-corrected chi connectivity index (χ3v) is 2.90.